The fraction of sp³-hybridized carbons (Fsp3) is 0.424. The topological polar surface area (TPSA) is 83.0 Å². The maximum absolute atomic E-state index is 14.5. The van der Waals surface area contributed by atoms with Crippen LogP contribution in [0.3, 0.4) is 0 Å². The van der Waals surface area contributed by atoms with E-state index in [9.17, 15) is 14.7 Å². The molecule has 3 heterocycles. The van der Waals surface area contributed by atoms with Gasteiger partial charge in [-0.1, -0.05) is 29.8 Å². The Morgan fingerprint density at radius 2 is 1.79 bits per heavy atom. The van der Waals surface area contributed by atoms with Crippen molar-refractivity contribution in [3.63, 3.8) is 0 Å². The lowest BCUT2D eigenvalue weighted by molar-refractivity contribution is -0.887. The maximum Gasteiger partial charge on any atom is 0.511 e. The summed E-state index contributed by atoms with van der Waals surface area (Å²) in [5, 5.41) is 9.66. The lowest BCUT2D eigenvalue weighted by atomic mass is 9.93. The summed E-state index contributed by atoms with van der Waals surface area (Å²) in [6.45, 7) is 4.79. The lowest BCUT2D eigenvalue weighted by Gasteiger charge is -2.47. The Morgan fingerprint density at radius 1 is 1.02 bits per heavy atom. The van der Waals surface area contributed by atoms with Crippen LogP contribution in [0.4, 0.5) is 10.6 Å². The number of piperidine rings is 1. The van der Waals surface area contributed by atoms with Crippen molar-refractivity contribution in [1.82, 2.24) is 9.88 Å². The Kier molecular flexibility index (Phi) is 8.21. The summed E-state index contributed by atoms with van der Waals surface area (Å²) < 4.78 is 5.22. The summed E-state index contributed by atoms with van der Waals surface area (Å²) in [5.41, 5.74) is 3.93. The van der Waals surface area contributed by atoms with Gasteiger partial charge in [-0.25, -0.2) is 19.1 Å². The van der Waals surface area contributed by atoms with Gasteiger partial charge in [-0.05, 0) is 66.8 Å². The van der Waals surface area contributed by atoms with E-state index in [1.54, 1.807) is 12.1 Å². The molecule has 0 bridgehead atoms. The third-order valence-corrected chi connectivity index (χ3v) is 9.85. The number of aromatic nitrogens is 1. The lowest BCUT2D eigenvalue weighted by Crippen LogP contribution is -2.60. The van der Waals surface area contributed by atoms with Crippen LogP contribution in [0.2, 0.25) is 5.02 Å². The summed E-state index contributed by atoms with van der Waals surface area (Å²) in [7, 11) is 2.06. The second kappa shape index (κ2) is 12.0. The van der Waals surface area contributed by atoms with E-state index in [2.05, 4.69) is 34.0 Å². The average molecular weight is 590 g/mol. The number of anilines is 1. The van der Waals surface area contributed by atoms with Crippen LogP contribution in [0, 0.1) is 0 Å². The number of halogens is 1. The molecular formula is C33H38ClN4O4+. The largest absolute Gasteiger partial charge is 0.511 e. The number of hydrogen-bond acceptors (Lipinski definition) is 6. The number of carbonyl (C=O) groups excluding carboxylic acids is 1. The fourth-order valence-corrected chi connectivity index (χ4v) is 7.50. The number of nitrogens with zero attached hydrogens (tertiary/aromatic N) is 4. The van der Waals surface area contributed by atoms with Crippen molar-refractivity contribution >= 4 is 29.5 Å². The van der Waals surface area contributed by atoms with E-state index < -0.39 is 6.16 Å². The number of pyridine rings is 1. The number of aryl methyl sites for hydroxylation is 1. The number of hydrogen-bond donors (Lipinski definition) is 1. The van der Waals surface area contributed by atoms with Crippen molar-refractivity contribution in [2.24, 2.45) is 0 Å². The number of carboxylic acid groups (broad SMARTS) is 1. The van der Waals surface area contributed by atoms with Crippen molar-refractivity contribution in [2.75, 3.05) is 38.1 Å². The number of fused-ring (bicyclic) bond motifs is 1. The minimum Gasteiger partial charge on any atom is -0.449 e. The normalized spacial score (nSPS) is 20.7. The standard InChI is InChI=1S/C33H37ClN4O4/c1-38(32(39)27-6-2-3-7-29(27)34,30-11-9-24-8-10-26(21-28(24)30)42-33(40)41)25-13-18-36(19-14-25)22-23-12-15-35-31(20-23)37-16-4-5-17-37/h2-3,6-8,10,12,15,20-21,25,30H,4-5,9,11,13-14,16-19,22H2,1H3/p+1/t30-,38?/m1/s1. The van der Waals surface area contributed by atoms with Gasteiger partial charge in [-0.2, -0.15) is 0 Å². The molecule has 2 saturated heterocycles. The van der Waals surface area contributed by atoms with Crippen LogP contribution in [0.1, 0.15) is 65.2 Å². The van der Waals surface area contributed by atoms with Gasteiger partial charge in [-0.15, -0.1) is 0 Å². The van der Waals surface area contributed by atoms with E-state index in [1.165, 1.54) is 18.4 Å². The highest BCUT2D eigenvalue weighted by Gasteiger charge is 2.51. The molecule has 0 radical (unpaired) electrons. The van der Waals surface area contributed by atoms with Gasteiger partial charge in [0.05, 0.1) is 23.7 Å². The first-order chi connectivity index (χ1) is 20.3. The van der Waals surface area contributed by atoms with Crippen molar-refractivity contribution < 1.29 is 23.9 Å². The molecule has 1 aliphatic carbocycles. The van der Waals surface area contributed by atoms with Crippen molar-refractivity contribution in [2.45, 2.75) is 57.2 Å². The van der Waals surface area contributed by atoms with Gasteiger partial charge in [0, 0.05) is 63.7 Å². The summed E-state index contributed by atoms with van der Waals surface area (Å²) in [6, 6.07) is 17.0. The predicted molar refractivity (Wildman–Crippen MR) is 162 cm³/mol. The molecule has 8 nitrogen and oxygen atoms in total. The molecule has 1 aromatic heterocycles. The van der Waals surface area contributed by atoms with Crippen LogP contribution < -0.4 is 9.64 Å². The highest BCUT2D eigenvalue weighted by molar-refractivity contribution is 6.33. The molecule has 3 aliphatic rings. The molecule has 2 aliphatic heterocycles. The van der Waals surface area contributed by atoms with Gasteiger partial charge in [-0.3, -0.25) is 4.90 Å². The predicted octanol–water partition coefficient (Wildman–Crippen LogP) is 6.33. The summed E-state index contributed by atoms with van der Waals surface area (Å²) >= 11 is 6.59. The van der Waals surface area contributed by atoms with E-state index in [0.717, 1.165) is 75.4 Å². The van der Waals surface area contributed by atoms with Crippen LogP contribution in [0.15, 0.2) is 60.8 Å². The number of carbonyl (C=O) groups is 2. The highest BCUT2D eigenvalue weighted by Crippen LogP contribution is 2.46. The first-order valence-electron chi connectivity index (χ1n) is 14.9. The molecule has 1 N–H and O–H groups in total. The zero-order valence-electron chi connectivity index (χ0n) is 24.0. The zero-order chi connectivity index (χ0) is 29.3. The molecule has 1 amide bonds. The number of benzene rings is 2. The van der Waals surface area contributed by atoms with Gasteiger partial charge in [0.2, 0.25) is 0 Å². The van der Waals surface area contributed by atoms with Crippen molar-refractivity contribution in [3.8, 4) is 5.75 Å². The third kappa shape index (κ3) is 5.63. The van der Waals surface area contributed by atoms with Crippen molar-refractivity contribution in [3.05, 3.63) is 88.1 Å². The molecule has 9 heteroatoms. The molecule has 0 saturated carbocycles. The number of quaternary nitrogens is 1. The second-order valence-electron chi connectivity index (χ2n) is 11.9. The fourth-order valence-electron chi connectivity index (χ4n) is 7.29. The first kappa shape index (κ1) is 28.6. The summed E-state index contributed by atoms with van der Waals surface area (Å²) in [5.74, 6) is 1.36. The minimum absolute atomic E-state index is 0.00541. The minimum atomic E-state index is -1.34. The average Bonchev–Trinajstić information content (AvgIpc) is 3.68. The molecule has 3 aromatic rings. The van der Waals surface area contributed by atoms with Crippen LogP contribution in [-0.4, -0.2) is 70.8 Å². The van der Waals surface area contributed by atoms with Crippen molar-refractivity contribution in [1.29, 1.82) is 0 Å². The van der Waals surface area contributed by atoms with E-state index >= 15 is 0 Å². The van der Waals surface area contributed by atoms with E-state index in [0.29, 0.717) is 10.6 Å². The maximum atomic E-state index is 14.5. The van der Waals surface area contributed by atoms with Crippen LogP contribution in [0.5, 0.6) is 5.75 Å². The highest BCUT2D eigenvalue weighted by atomic mass is 35.5. The Morgan fingerprint density at radius 3 is 2.52 bits per heavy atom. The molecule has 1 unspecified atom stereocenters. The third-order valence-electron chi connectivity index (χ3n) is 9.52. The molecule has 2 aromatic carbocycles. The summed E-state index contributed by atoms with van der Waals surface area (Å²) in [4.78, 5) is 35.2. The molecule has 6 rings (SSSR count). The second-order valence-corrected chi connectivity index (χ2v) is 12.3. The molecule has 2 fully saturated rings. The Hall–Kier alpha value is -3.46. The van der Waals surface area contributed by atoms with Gasteiger partial charge in [0.25, 0.3) is 0 Å². The van der Waals surface area contributed by atoms with Crippen LogP contribution in [0.25, 0.3) is 0 Å². The van der Waals surface area contributed by atoms with Gasteiger partial charge in [0.1, 0.15) is 17.6 Å². The first-order valence-corrected chi connectivity index (χ1v) is 15.3. The number of likely N-dealkylation sites (tertiary alicyclic amines) is 1. The van der Waals surface area contributed by atoms with E-state index in [-0.39, 0.29) is 28.2 Å². The Bertz CT molecular complexity index is 1470. The van der Waals surface area contributed by atoms with Gasteiger partial charge < -0.3 is 14.7 Å². The molecule has 220 valence electrons. The SMILES string of the molecule is C[N+](C(=O)c1ccccc1Cl)(C1CCN(Cc2ccnc(N3CCCC3)c2)CC1)[C@@H]1CCc2ccc(OC(=O)O)cc21. The van der Waals surface area contributed by atoms with Crippen LogP contribution in [-0.2, 0) is 13.0 Å². The van der Waals surface area contributed by atoms with Gasteiger partial charge >= 0.3 is 12.1 Å². The van der Waals surface area contributed by atoms with Crippen LogP contribution >= 0.6 is 11.6 Å². The van der Waals surface area contributed by atoms with Gasteiger partial charge in [0.15, 0.2) is 0 Å². The number of rotatable bonds is 7. The molecule has 42 heavy (non-hydrogen) atoms. The molecular weight excluding hydrogens is 552 g/mol. The zero-order valence-corrected chi connectivity index (χ0v) is 24.8. The molecule has 2 atom stereocenters. The van der Waals surface area contributed by atoms with E-state index in [4.69, 9.17) is 16.3 Å². The number of ether oxygens (including phenoxy) is 1. The number of amides is 1. The Balaban J connectivity index is 1.25. The van der Waals surface area contributed by atoms with E-state index in [1.807, 2.05) is 36.5 Å². The quantitative estimate of drug-likeness (QED) is 0.196. The smallest absolute Gasteiger partial charge is 0.449 e. The summed E-state index contributed by atoms with van der Waals surface area (Å²) in [6.07, 6.45) is 6.40. The Labute approximate surface area is 252 Å². The molecule has 0 spiro atoms. The monoisotopic (exact) mass is 589 g/mol.